The average molecular weight is 309 g/mol. The number of hydrogen-bond acceptors (Lipinski definition) is 4. The average Bonchev–Trinajstić information content (AvgIpc) is 2.93. The molecule has 0 aliphatic carbocycles. The van der Waals surface area contributed by atoms with Gasteiger partial charge in [0.1, 0.15) is 18.4 Å². The predicted octanol–water partition coefficient (Wildman–Crippen LogP) is 2.95. The molecule has 0 aliphatic rings. The van der Waals surface area contributed by atoms with Gasteiger partial charge in [0.25, 0.3) is 0 Å². The molecule has 7 nitrogen and oxygen atoms in total. The van der Waals surface area contributed by atoms with Gasteiger partial charge in [-0.05, 0) is 31.5 Å². The number of benzene rings is 1. The summed E-state index contributed by atoms with van der Waals surface area (Å²) >= 11 is 5.99. The van der Waals surface area contributed by atoms with Gasteiger partial charge in [-0.15, -0.1) is 0 Å². The van der Waals surface area contributed by atoms with Crippen LogP contribution in [-0.2, 0) is 4.79 Å². The number of halogens is 1. The van der Waals surface area contributed by atoms with E-state index in [9.17, 15) is 14.9 Å². The first-order chi connectivity index (χ1) is 9.90. The lowest BCUT2D eigenvalue weighted by Crippen LogP contribution is -2.24. The molecule has 2 aromatic rings. The van der Waals surface area contributed by atoms with Crippen molar-refractivity contribution in [1.29, 1.82) is 0 Å². The number of carbonyl (C=O) groups excluding carboxylic acids is 1. The van der Waals surface area contributed by atoms with E-state index in [0.717, 1.165) is 11.8 Å². The van der Waals surface area contributed by atoms with Gasteiger partial charge in [-0.2, -0.15) is 5.10 Å². The number of carbonyl (C=O) groups is 1. The number of amides is 1. The third kappa shape index (κ3) is 3.19. The molecule has 21 heavy (non-hydrogen) atoms. The highest BCUT2D eigenvalue weighted by atomic mass is 35.5. The molecule has 1 heterocycles. The fourth-order valence-electron chi connectivity index (χ4n) is 1.73. The monoisotopic (exact) mass is 308 g/mol. The number of nitrogens with one attached hydrogen (secondary N) is 1. The first-order valence-electron chi connectivity index (χ1n) is 6.14. The van der Waals surface area contributed by atoms with Crippen LogP contribution in [0.15, 0.2) is 30.6 Å². The van der Waals surface area contributed by atoms with E-state index in [0.29, 0.717) is 10.7 Å². The van der Waals surface area contributed by atoms with Crippen LogP contribution in [0.2, 0.25) is 5.02 Å². The van der Waals surface area contributed by atoms with E-state index in [2.05, 4.69) is 10.4 Å². The van der Waals surface area contributed by atoms with Crippen molar-refractivity contribution in [3.63, 3.8) is 0 Å². The molecule has 1 N–H and O–H groups in total. The maximum absolute atomic E-state index is 12.2. The van der Waals surface area contributed by atoms with Crippen molar-refractivity contribution >= 4 is 28.9 Å². The lowest BCUT2D eigenvalue weighted by Gasteiger charge is -2.14. The minimum Gasteiger partial charge on any atom is -0.324 e. The molecule has 0 saturated carbocycles. The number of anilines is 1. The highest BCUT2D eigenvalue weighted by Gasteiger charge is 2.19. The first-order valence-corrected chi connectivity index (χ1v) is 6.52. The zero-order valence-electron chi connectivity index (χ0n) is 11.4. The molecule has 0 bridgehead atoms. The standard InChI is InChI=1S/C13H13ClN4O3/c1-8-11(14)4-3-5-12(8)16-13(19)9(2)17-7-10(6-15-17)18(20)21/h3-7,9H,1-2H3,(H,16,19)/t9-/m1/s1. The maximum atomic E-state index is 12.2. The van der Waals surface area contributed by atoms with Gasteiger partial charge >= 0.3 is 5.69 Å². The van der Waals surface area contributed by atoms with Crippen molar-refractivity contribution in [1.82, 2.24) is 9.78 Å². The van der Waals surface area contributed by atoms with E-state index in [1.807, 2.05) is 0 Å². The maximum Gasteiger partial charge on any atom is 0.307 e. The second kappa shape index (κ2) is 5.92. The fourth-order valence-corrected chi connectivity index (χ4v) is 1.91. The molecule has 1 aromatic heterocycles. The quantitative estimate of drug-likeness (QED) is 0.694. The second-order valence-corrected chi connectivity index (χ2v) is 4.92. The molecule has 1 amide bonds. The van der Waals surface area contributed by atoms with Gasteiger partial charge in [-0.3, -0.25) is 19.6 Å². The number of nitro groups is 1. The van der Waals surface area contributed by atoms with Crippen molar-refractivity contribution in [3.05, 3.63) is 51.3 Å². The molecule has 0 radical (unpaired) electrons. The van der Waals surface area contributed by atoms with Crippen molar-refractivity contribution in [2.75, 3.05) is 5.32 Å². The third-order valence-corrected chi connectivity index (χ3v) is 3.51. The lowest BCUT2D eigenvalue weighted by molar-refractivity contribution is -0.385. The molecule has 0 unspecified atom stereocenters. The topological polar surface area (TPSA) is 90.1 Å². The van der Waals surface area contributed by atoms with E-state index in [1.165, 1.54) is 10.9 Å². The zero-order valence-corrected chi connectivity index (χ0v) is 12.2. The summed E-state index contributed by atoms with van der Waals surface area (Å²) in [7, 11) is 0. The van der Waals surface area contributed by atoms with Crippen molar-refractivity contribution in [2.24, 2.45) is 0 Å². The Kier molecular flexibility index (Phi) is 4.23. The Bertz CT molecular complexity index is 698. The van der Waals surface area contributed by atoms with Gasteiger partial charge < -0.3 is 5.32 Å². The Morgan fingerprint density at radius 1 is 1.52 bits per heavy atom. The van der Waals surface area contributed by atoms with Crippen molar-refractivity contribution < 1.29 is 9.72 Å². The number of hydrogen-bond donors (Lipinski definition) is 1. The molecule has 0 saturated heterocycles. The summed E-state index contributed by atoms with van der Waals surface area (Å²) in [5.74, 6) is -0.335. The van der Waals surface area contributed by atoms with Gasteiger partial charge in [-0.1, -0.05) is 17.7 Å². The van der Waals surface area contributed by atoms with E-state index < -0.39 is 11.0 Å². The van der Waals surface area contributed by atoms with E-state index in [1.54, 1.807) is 32.0 Å². The Morgan fingerprint density at radius 2 is 2.24 bits per heavy atom. The van der Waals surface area contributed by atoms with Crippen LogP contribution < -0.4 is 5.32 Å². The Balaban J connectivity index is 2.15. The molecule has 0 fully saturated rings. The van der Waals surface area contributed by atoms with Gasteiger partial charge in [0, 0.05) is 10.7 Å². The highest BCUT2D eigenvalue weighted by molar-refractivity contribution is 6.31. The van der Waals surface area contributed by atoms with Crippen LogP contribution in [0.5, 0.6) is 0 Å². The molecule has 0 aliphatic heterocycles. The van der Waals surface area contributed by atoms with Crippen LogP contribution in [0.3, 0.4) is 0 Å². The largest absolute Gasteiger partial charge is 0.324 e. The fraction of sp³-hybridized carbons (Fsp3) is 0.231. The molecule has 1 atom stereocenters. The third-order valence-electron chi connectivity index (χ3n) is 3.10. The molecular weight excluding hydrogens is 296 g/mol. The van der Waals surface area contributed by atoms with Crippen LogP contribution >= 0.6 is 11.6 Å². The van der Waals surface area contributed by atoms with Crippen molar-refractivity contribution in [3.8, 4) is 0 Å². The second-order valence-electron chi connectivity index (χ2n) is 4.51. The summed E-state index contributed by atoms with van der Waals surface area (Å²) in [5.41, 5.74) is 1.20. The van der Waals surface area contributed by atoms with Crippen LogP contribution in [0, 0.1) is 17.0 Å². The molecule has 8 heteroatoms. The summed E-state index contributed by atoms with van der Waals surface area (Å²) in [6.45, 7) is 3.40. The molecule has 1 aromatic carbocycles. The Labute approximate surface area is 125 Å². The van der Waals surface area contributed by atoms with Crippen molar-refractivity contribution in [2.45, 2.75) is 19.9 Å². The minimum atomic E-state index is -0.683. The summed E-state index contributed by atoms with van der Waals surface area (Å²) in [6, 6.07) is 4.51. The molecule has 2 rings (SSSR count). The van der Waals surface area contributed by atoms with Crippen LogP contribution in [0.1, 0.15) is 18.5 Å². The molecular formula is C13H13ClN4O3. The zero-order chi connectivity index (χ0) is 15.6. The lowest BCUT2D eigenvalue weighted by atomic mass is 10.2. The normalized spacial score (nSPS) is 12.0. The van der Waals surface area contributed by atoms with Gasteiger partial charge in [0.15, 0.2) is 0 Å². The Morgan fingerprint density at radius 3 is 2.86 bits per heavy atom. The smallest absolute Gasteiger partial charge is 0.307 e. The van der Waals surface area contributed by atoms with Crippen LogP contribution in [-0.4, -0.2) is 20.6 Å². The van der Waals surface area contributed by atoms with E-state index in [-0.39, 0.29) is 11.6 Å². The summed E-state index contributed by atoms with van der Waals surface area (Å²) in [5, 5.41) is 17.7. The highest BCUT2D eigenvalue weighted by Crippen LogP contribution is 2.24. The number of rotatable bonds is 4. The minimum absolute atomic E-state index is 0.159. The van der Waals surface area contributed by atoms with Gasteiger partial charge in [0.2, 0.25) is 5.91 Å². The summed E-state index contributed by atoms with van der Waals surface area (Å²) in [6.07, 6.45) is 2.32. The van der Waals surface area contributed by atoms with Crippen LogP contribution in [0.4, 0.5) is 11.4 Å². The molecule has 0 spiro atoms. The van der Waals surface area contributed by atoms with E-state index >= 15 is 0 Å². The molecule has 110 valence electrons. The number of nitrogens with zero attached hydrogens (tertiary/aromatic N) is 3. The van der Waals surface area contributed by atoms with Gasteiger partial charge in [0.05, 0.1) is 4.92 Å². The Hall–Kier alpha value is -2.41. The van der Waals surface area contributed by atoms with Crippen LogP contribution in [0.25, 0.3) is 0 Å². The number of aromatic nitrogens is 2. The summed E-state index contributed by atoms with van der Waals surface area (Å²) < 4.78 is 1.24. The predicted molar refractivity (Wildman–Crippen MR) is 78.4 cm³/mol. The SMILES string of the molecule is Cc1c(Cl)cccc1NC(=O)[C@@H](C)n1cc([N+](=O)[O-])cn1. The summed E-state index contributed by atoms with van der Waals surface area (Å²) in [4.78, 5) is 22.2. The van der Waals surface area contributed by atoms with E-state index in [4.69, 9.17) is 11.6 Å². The first kappa shape index (κ1) is 15.0. The van der Waals surface area contributed by atoms with Gasteiger partial charge in [-0.25, -0.2) is 0 Å².